The summed E-state index contributed by atoms with van der Waals surface area (Å²) in [6, 6.07) is 9.95. The van der Waals surface area contributed by atoms with Crippen LogP contribution in [0, 0.1) is 0 Å². The van der Waals surface area contributed by atoms with E-state index < -0.39 is 17.8 Å². The summed E-state index contributed by atoms with van der Waals surface area (Å²) < 4.78 is 44.0. The zero-order valence-electron chi connectivity index (χ0n) is 16.5. The molecule has 3 rings (SSSR count). The van der Waals surface area contributed by atoms with Crippen molar-refractivity contribution >= 4 is 34.8 Å². The van der Waals surface area contributed by atoms with Crippen LogP contribution in [0.3, 0.4) is 0 Å². The molecule has 0 aliphatic carbocycles. The van der Waals surface area contributed by atoms with Crippen LogP contribution in [0.15, 0.2) is 47.6 Å². The number of amides is 1. The van der Waals surface area contributed by atoms with Crippen molar-refractivity contribution in [3.8, 4) is 0 Å². The number of halogens is 5. The monoisotopic (exact) mass is 474 g/mol. The number of benzene rings is 2. The van der Waals surface area contributed by atoms with Gasteiger partial charge in [-0.3, -0.25) is 4.79 Å². The first-order chi connectivity index (χ1) is 14.7. The van der Waals surface area contributed by atoms with E-state index in [-0.39, 0.29) is 25.6 Å². The van der Waals surface area contributed by atoms with Gasteiger partial charge in [-0.15, -0.1) is 0 Å². The summed E-state index contributed by atoms with van der Waals surface area (Å²) in [7, 11) is 1.37. The maximum absolute atomic E-state index is 13.0. The first kappa shape index (κ1) is 23.4. The second-order valence-corrected chi connectivity index (χ2v) is 7.82. The Labute approximate surface area is 187 Å². The predicted octanol–water partition coefficient (Wildman–Crippen LogP) is 5.18. The van der Waals surface area contributed by atoms with E-state index in [0.29, 0.717) is 27.7 Å². The minimum absolute atomic E-state index is 0.0198. The molecule has 1 aliphatic heterocycles. The van der Waals surface area contributed by atoms with Crippen molar-refractivity contribution in [1.29, 1.82) is 0 Å². The molecule has 1 heterocycles. The van der Waals surface area contributed by atoms with Crippen LogP contribution in [0.1, 0.15) is 23.1 Å². The number of hydrogen-bond acceptors (Lipinski definition) is 4. The quantitative estimate of drug-likeness (QED) is 0.555. The van der Waals surface area contributed by atoms with Gasteiger partial charge < -0.3 is 14.5 Å². The van der Waals surface area contributed by atoms with E-state index in [4.69, 9.17) is 32.8 Å². The van der Waals surface area contributed by atoms with E-state index >= 15 is 0 Å². The molecule has 1 atom stereocenters. The van der Waals surface area contributed by atoms with E-state index in [0.717, 1.165) is 17.7 Å². The van der Waals surface area contributed by atoms with Gasteiger partial charge in [-0.2, -0.15) is 13.2 Å². The molecule has 0 saturated carbocycles. The van der Waals surface area contributed by atoms with Crippen LogP contribution in [0.2, 0.25) is 10.0 Å². The Hall–Kier alpha value is -2.29. The Morgan fingerprint density at radius 1 is 1.23 bits per heavy atom. The van der Waals surface area contributed by atoms with Gasteiger partial charge in [0.05, 0.1) is 27.9 Å². The number of ether oxygens (including phenoxy) is 1. The van der Waals surface area contributed by atoms with Gasteiger partial charge in [0.2, 0.25) is 5.91 Å². The highest BCUT2D eigenvalue weighted by Crippen LogP contribution is 2.30. The van der Waals surface area contributed by atoms with E-state index in [1.165, 1.54) is 24.1 Å². The van der Waals surface area contributed by atoms with Crippen molar-refractivity contribution < 1.29 is 27.5 Å². The molecule has 1 amide bonds. The molecule has 0 unspecified atom stereocenters. The minimum Gasteiger partial charge on any atom is -0.390 e. The van der Waals surface area contributed by atoms with Crippen molar-refractivity contribution in [2.24, 2.45) is 5.16 Å². The third kappa shape index (κ3) is 6.12. The number of carbonyl (C=O) groups excluding carboxylic acids is 1. The summed E-state index contributed by atoms with van der Waals surface area (Å²) in [6.45, 7) is -0.0902. The Bertz CT molecular complexity index is 983. The number of alkyl halides is 3. The first-order valence-corrected chi connectivity index (χ1v) is 10.0. The number of nitrogens with zero attached hydrogens (tertiary/aromatic N) is 2. The standard InChI is InChI=1S/C21H19Cl2F3N2O3/c1-30-12-20(29)28(10-13-3-2-4-15(7-13)21(24,25)26)11-16-9-19(27-31-16)14-5-6-17(22)18(23)8-14/h2-8,16H,9-12H2,1H3/t16-/m1/s1. The molecule has 0 fully saturated rings. The zero-order chi connectivity index (χ0) is 22.6. The van der Waals surface area contributed by atoms with E-state index in [2.05, 4.69) is 5.16 Å². The lowest BCUT2D eigenvalue weighted by atomic mass is 10.0. The van der Waals surface area contributed by atoms with Crippen molar-refractivity contribution in [3.05, 3.63) is 69.2 Å². The average Bonchev–Trinajstić information content (AvgIpc) is 3.18. The fourth-order valence-corrected chi connectivity index (χ4v) is 3.45. The summed E-state index contributed by atoms with van der Waals surface area (Å²) in [5, 5.41) is 4.86. The molecule has 5 nitrogen and oxygen atoms in total. The molecule has 1 aliphatic rings. The summed E-state index contributed by atoms with van der Waals surface area (Å²) in [5.41, 5.74) is 0.959. The van der Waals surface area contributed by atoms with Crippen LogP contribution in [0.25, 0.3) is 0 Å². The van der Waals surface area contributed by atoms with Crippen LogP contribution >= 0.6 is 23.2 Å². The minimum atomic E-state index is -4.46. The third-order valence-corrected chi connectivity index (χ3v) is 5.40. The van der Waals surface area contributed by atoms with Crippen LogP contribution in [-0.2, 0) is 27.1 Å². The highest BCUT2D eigenvalue weighted by Gasteiger charge is 2.31. The van der Waals surface area contributed by atoms with Crippen molar-refractivity contribution in [2.45, 2.75) is 25.2 Å². The molecule has 10 heteroatoms. The van der Waals surface area contributed by atoms with Crippen molar-refractivity contribution in [1.82, 2.24) is 4.90 Å². The lowest BCUT2D eigenvalue weighted by Gasteiger charge is -2.25. The molecule has 0 saturated heterocycles. The molecule has 0 N–H and O–H groups in total. The molecular weight excluding hydrogens is 456 g/mol. The Morgan fingerprint density at radius 2 is 2.00 bits per heavy atom. The SMILES string of the molecule is COCC(=O)N(Cc1cccc(C(F)(F)F)c1)C[C@H]1CC(c2ccc(Cl)c(Cl)c2)=NO1. The van der Waals surface area contributed by atoms with Gasteiger partial charge in [-0.05, 0) is 29.8 Å². The maximum Gasteiger partial charge on any atom is 0.416 e. The van der Waals surface area contributed by atoms with Crippen LogP contribution in [-0.4, -0.2) is 42.9 Å². The fraction of sp³-hybridized carbons (Fsp3) is 0.333. The summed E-state index contributed by atoms with van der Waals surface area (Å²) >= 11 is 12.0. The Balaban J connectivity index is 1.71. The highest BCUT2D eigenvalue weighted by molar-refractivity contribution is 6.42. The smallest absolute Gasteiger partial charge is 0.390 e. The number of carbonyl (C=O) groups is 1. The molecular formula is C21H19Cl2F3N2O3. The van der Waals surface area contributed by atoms with E-state index in [1.54, 1.807) is 18.2 Å². The summed E-state index contributed by atoms with van der Waals surface area (Å²) in [6.07, 6.45) is -4.53. The zero-order valence-corrected chi connectivity index (χ0v) is 18.0. The lowest BCUT2D eigenvalue weighted by molar-refractivity contribution is -0.137. The van der Waals surface area contributed by atoms with Crippen molar-refractivity contribution in [3.63, 3.8) is 0 Å². The summed E-state index contributed by atoms with van der Waals surface area (Å²) in [5.74, 6) is -0.369. The molecule has 2 aromatic carbocycles. The van der Waals surface area contributed by atoms with Gasteiger partial charge in [-0.25, -0.2) is 0 Å². The topological polar surface area (TPSA) is 51.1 Å². The predicted molar refractivity (Wildman–Crippen MR) is 111 cm³/mol. The first-order valence-electron chi connectivity index (χ1n) is 9.28. The second kappa shape index (κ2) is 9.89. The van der Waals surface area contributed by atoms with Gasteiger partial charge in [0.25, 0.3) is 0 Å². The van der Waals surface area contributed by atoms with Crippen LogP contribution in [0.4, 0.5) is 13.2 Å². The van der Waals surface area contributed by atoms with Gasteiger partial charge in [-0.1, -0.05) is 46.6 Å². The number of methoxy groups -OCH3 is 1. The number of rotatable bonds is 7. The normalized spacial score (nSPS) is 16.1. The molecule has 0 spiro atoms. The number of oxime groups is 1. The second-order valence-electron chi connectivity index (χ2n) is 7.00. The highest BCUT2D eigenvalue weighted by atomic mass is 35.5. The van der Waals surface area contributed by atoms with Gasteiger partial charge in [0.15, 0.2) is 6.10 Å². The van der Waals surface area contributed by atoms with Crippen LogP contribution < -0.4 is 0 Å². The van der Waals surface area contributed by atoms with E-state index in [9.17, 15) is 18.0 Å². The van der Waals surface area contributed by atoms with Gasteiger partial charge >= 0.3 is 6.18 Å². The van der Waals surface area contributed by atoms with Gasteiger partial charge in [0, 0.05) is 25.6 Å². The molecule has 0 bridgehead atoms. The van der Waals surface area contributed by atoms with Crippen molar-refractivity contribution in [2.75, 3.05) is 20.3 Å². The van der Waals surface area contributed by atoms with E-state index in [1.807, 2.05) is 0 Å². The third-order valence-electron chi connectivity index (χ3n) is 4.66. The largest absolute Gasteiger partial charge is 0.416 e. The Morgan fingerprint density at radius 3 is 2.68 bits per heavy atom. The maximum atomic E-state index is 13.0. The van der Waals surface area contributed by atoms with Gasteiger partial charge in [0.1, 0.15) is 6.61 Å². The average molecular weight is 475 g/mol. The molecule has 2 aromatic rings. The molecule has 0 radical (unpaired) electrons. The fourth-order valence-electron chi connectivity index (χ4n) is 3.15. The molecule has 31 heavy (non-hydrogen) atoms. The molecule has 0 aromatic heterocycles. The van der Waals surface area contributed by atoms with Crippen LogP contribution in [0.5, 0.6) is 0 Å². The number of hydrogen-bond donors (Lipinski definition) is 0. The lowest BCUT2D eigenvalue weighted by Crippen LogP contribution is -2.39. The Kier molecular flexibility index (Phi) is 7.46. The molecule has 166 valence electrons. The summed E-state index contributed by atoms with van der Waals surface area (Å²) in [4.78, 5) is 19.4.